The van der Waals surface area contributed by atoms with Gasteiger partial charge in [-0.1, -0.05) is 42.5 Å². The van der Waals surface area contributed by atoms with Crippen molar-refractivity contribution in [2.75, 3.05) is 58.9 Å². The number of para-hydroxylation sites is 1. The van der Waals surface area contributed by atoms with Crippen molar-refractivity contribution in [3.8, 4) is 11.5 Å². The highest BCUT2D eigenvalue weighted by molar-refractivity contribution is 5.68. The van der Waals surface area contributed by atoms with Crippen molar-refractivity contribution in [1.29, 1.82) is 0 Å². The molecule has 5 rings (SSSR count). The molecule has 49 heavy (non-hydrogen) atoms. The van der Waals surface area contributed by atoms with Crippen molar-refractivity contribution < 1.29 is 28.5 Å². The minimum Gasteiger partial charge on any atom is -0.496 e. The average Bonchev–Trinajstić information content (AvgIpc) is 3.11. The molecular weight excluding hydrogens is 618 g/mol. The third kappa shape index (κ3) is 10.6. The largest absolute Gasteiger partial charge is 0.496 e. The van der Waals surface area contributed by atoms with Crippen LogP contribution in [0.2, 0.25) is 0 Å². The van der Waals surface area contributed by atoms with Gasteiger partial charge in [0.1, 0.15) is 17.1 Å². The van der Waals surface area contributed by atoms with E-state index in [-0.39, 0.29) is 24.2 Å². The second-order valence-corrected chi connectivity index (χ2v) is 14.0. The van der Waals surface area contributed by atoms with E-state index < -0.39 is 5.60 Å². The van der Waals surface area contributed by atoms with Crippen LogP contribution in [0.5, 0.6) is 11.5 Å². The molecule has 1 unspecified atom stereocenters. The molecule has 0 saturated carbocycles. The lowest BCUT2D eigenvalue weighted by molar-refractivity contribution is -0.0672. The number of hydrogen-bond acceptors (Lipinski definition) is 8. The van der Waals surface area contributed by atoms with Crippen molar-refractivity contribution >= 4 is 11.8 Å². The summed E-state index contributed by atoms with van der Waals surface area (Å²) >= 11 is 0. The number of nitrogens with zero attached hydrogens (tertiary/aromatic N) is 1. The summed E-state index contributed by atoms with van der Waals surface area (Å²) in [5.74, 6) is 1.78. The molecule has 0 aromatic heterocycles. The lowest BCUT2D eigenvalue weighted by atomic mass is 9.86. The highest BCUT2D eigenvalue weighted by Crippen LogP contribution is 2.37. The van der Waals surface area contributed by atoms with Gasteiger partial charge in [-0.2, -0.15) is 0 Å². The number of amides is 1. The normalized spacial score (nSPS) is 18.3. The number of nitrogens with one attached hydrogen (secondary N) is 2. The van der Waals surface area contributed by atoms with Crippen LogP contribution in [0.4, 0.5) is 10.5 Å². The number of carbonyl (C=O) groups is 1. The molecule has 1 saturated heterocycles. The maximum absolute atomic E-state index is 13.2. The average molecular weight is 674 g/mol. The molecule has 266 valence electrons. The number of benzene rings is 3. The third-order valence-corrected chi connectivity index (χ3v) is 9.11. The standard InChI is InChI=1S/C40H55N3O6/c1-40(2,3)49-39(44)43-23-20-34(38(27-43)48-37(19-22-41-4)31-14-13-30-11-8-21-42-35(30)26-31)29-15-17-33(18-16-29)47-25-9-24-46-28-32-10-6-7-12-36(32)45-5/h6-7,10,12-18,26,34,37-38,41-42H,8-9,11,19-25,27-28H2,1-5H3/t34-,37?,38+/m1/s1. The smallest absolute Gasteiger partial charge is 0.410 e. The lowest BCUT2D eigenvalue weighted by Crippen LogP contribution is -2.48. The summed E-state index contributed by atoms with van der Waals surface area (Å²) in [6.07, 6.45) is 4.00. The van der Waals surface area contributed by atoms with Gasteiger partial charge in [-0.25, -0.2) is 4.79 Å². The molecule has 9 nitrogen and oxygen atoms in total. The van der Waals surface area contributed by atoms with Crippen LogP contribution in [0, 0.1) is 0 Å². The highest BCUT2D eigenvalue weighted by Gasteiger charge is 2.36. The van der Waals surface area contributed by atoms with Crippen LogP contribution in [-0.2, 0) is 27.2 Å². The Morgan fingerprint density at radius 1 is 1.06 bits per heavy atom. The Labute approximate surface area is 292 Å². The molecule has 0 radical (unpaired) electrons. The number of anilines is 1. The molecule has 3 aromatic rings. The first-order valence-electron chi connectivity index (χ1n) is 17.8. The van der Waals surface area contributed by atoms with E-state index >= 15 is 0 Å². The zero-order chi connectivity index (χ0) is 34.6. The Kier molecular flexibility index (Phi) is 13.2. The first-order valence-corrected chi connectivity index (χ1v) is 17.8. The Morgan fingerprint density at radius 3 is 2.65 bits per heavy atom. The van der Waals surface area contributed by atoms with Crippen molar-refractivity contribution in [3.05, 3.63) is 89.0 Å². The maximum atomic E-state index is 13.2. The van der Waals surface area contributed by atoms with Gasteiger partial charge in [0.05, 0.1) is 45.7 Å². The first kappa shape index (κ1) is 36.5. The monoisotopic (exact) mass is 673 g/mol. The topological polar surface area (TPSA) is 90.5 Å². The van der Waals surface area contributed by atoms with Gasteiger partial charge in [0.2, 0.25) is 0 Å². The van der Waals surface area contributed by atoms with Crippen LogP contribution in [0.25, 0.3) is 0 Å². The Hall–Kier alpha value is -3.79. The number of hydrogen-bond donors (Lipinski definition) is 2. The number of likely N-dealkylation sites (tertiary alicyclic amines) is 1. The molecule has 1 fully saturated rings. The van der Waals surface area contributed by atoms with Gasteiger partial charge in [-0.05, 0) is 101 Å². The van der Waals surface area contributed by atoms with Crippen LogP contribution < -0.4 is 20.1 Å². The van der Waals surface area contributed by atoms with Gasteiger partial charge < -0.3 is 39.2 Å². The summed E-state index contributed by atoms with van der Waals surface area (Å²) in [5.41, 5.74) is 5.38. The number of carbonyl (C=O) groups excluding carboxylic acids is 1. The predicted octanol–water partition coefficient (Wildman–Crippen LogP) is 7.50. The van der Waals surface area contributed by atoms with Crippen molar-refractivity contribution in [1.82, 2.24) is 10.2 Å². The zero-order valence-electron chi connectivity index (χ0n) is 30.0. The quantitative estimate of drug-likeness (QED) is 0.160. The predicted molar refractivity (Wildman–Crippen MR) is 194 cm³/mol. The molecule has 2 aliphatic rings. The molecular formula is C40H55N3O6. The van der Waals surface area contributed by atoms with Gasteiger partial charge in [0, 0.05) is 36.7 Å². The minimum atomic E-state index is -0.562. The fourth-order valence-corrected chi connectivity index (χ4v) is 6.57. The molecule has 3 aromatic carbocycles. The Morgan fingerprint density at radius 2 is 1.88 bits per heavy atom. The summed E-state index contributed by atoms with van der Waals surface area (Å²) in [5, 5.41) is 6.87. The SMILES string of the molecule is CNCCC(O[C@H]1CN(C(=O)OC(C)(C)C)CC[C@@H]1c1ccc(OCCCOCc2ccccc2OC)cc1)c1ccc2c(c1)NCCC2. The summed E-state index contributed by atoms with van der Waals surface area (Å²) < 4.78 is 30.2. The minimum absolute atomic E-state index is 0.115. The second-order valence-electron chi connectivity index (χ2n) is 14.0. The van der Waals surface area contributed by atoms with E-state index in [2.05, 4.69) is 41.0 Å². The van der Waals surface area contributed by atoms with Crippen LogP contribution in [-0.4, -0.2) is 76.2 Å². The second kappa shape index (κ2) is 17.7. The number of methoxy groups -OCH3 is 1. The van der Waals surface area contributed by atoms with Crippen LogP contribution in [0.3, 0.4) is 0 Å². The summed E-state index contributed by atoms with van der Waals surface area (Å²) in [6.45, 7) is 10.3. The highest BCUT2D eigenvalue weighted by atomic mass is 16.6. The number of ether oxygens (including phenoxy) is 5. The molecule has 2 heterocycles. The first-order chi connectivity index (χ1) is 23.7. The Bertz CT molecular complexity index is 1470. The van der Waals surface area contributed by atoms with Crippen molar-refractivity contribution in [3.63, 3.8) is 0 Å². The number of piperidine rings is 1. The van der Waals surface area contributed by atoms with Crippen molar-refractivity contribution in [2.24, 2.45) is 0 Å². The summed E-state index contributed by atoms with van der Waals surface area (Å²) in [7, 11) is 3.64. The Balaban J connectivity index is 1.24. The fraction of sp³-hybridized carbons (Fsp3) is 0.525. The van der Waals surface area contributed by atoms with E-state index in [1.54, 1.807) is 7.11 Å². The van der Waals surface area contributed by atoms with Gasteiger partial charge >= 0.3 is 6.09 Å². The number of rotatable bonds is 15. The van der Waals surface area contributed by atoms with Crippen LogP contribution in [0.15, 0.2) is 66.7 Å². The molecule has 0 spiro atoms. The van der Waals surface area contributed by atoms with E-state index in [4.69, 9.17) is 23.7 Å². The van der Waals surface area contributed by atoms with Gasteiger partial charge in [0.25, 0.3) is 0 Å². The molecule has 2 N–H and O–H groups in total. The van der Waals surface area contributed by atoms with Gasteiger partial charge in [0.15, 0.2) is 0 Å². The molecule has 0 aliphatic carbocycles. The third-order valence-electron chi connectivity index (χ3n) is 9.11. The molecule has 1 amide bonds. The zero-order valence-corrected chi connectivity index (χ0v) is 30.0. The summed E-state index contributed by atoms with van der Waals surface area (Å²) in [4.78, 5) is 15.0. The lowest BCUT2D eigenvalue weighted by Gasteiger charge is -2.40. The molecule has 0 bridgehead atoms. The maximum Gasteiger partial charge on any atom is 0.410 e. The van der Waals surface area contributed by atoms with E-state index in [0.717, 1.165) is 67.8 Å². The molecule has 2 aliphatic heterocycles. The van der Waals surface area contributed by atoms with E-state index in [9.17, 15) is 4.79 Å². The van der Waals surface area contributed by atoms with Gasteiger partial charge in [-0.15, -0.1) is 0 Å². The summed E-state index contributed by atoms with van der Waals surface area (Å²) in [6, 6.07) is 23.0. The molecule has 3 atom stereocenters. The number of fused-ring (bicyclic) bond motifs is 1. The van der Waals surface area contributed by atoms with Crippen LogP contribution >= 0.6 is 0 Å². The van der Waals surface area contributed by atoms with E-state index in [0.29, 0.717) is 32.9 Å². The van der Waals surface area contributed by atoms with E-state index in [1.165, 1.54) is 16.8 Å². The van der Waals surface area contributed by atoms with Crippen LogP contribution in [0.1, 0.15) is 80.7 Å². The fourth-order valence-electron chi connectivity index (χ4n) is 6.57. The van der Waals surface area contributed by atoms with E-state index in [1.807, 2.05) is 69.1 Å². The number of aryl methyl sites for hydroxylation is 1. The van der Waals surface area contributed by atoms with Gasteiger partial charge in [-0.3, -0.25) is 0 Å². The molecule has 9 heteroatoms. The van der Waals surface area contributed by atoms with Crippen molar-refractivity contribution in [2.45, 2.75) is 83.2 Å².